The van der Waals surface area contributed by atoms with Crippen LogP contribution in [0.1, 0.15) is 27.7 Å². The minimum atomic E-state index is -5.96. The Bertz CT molecular complexity index is 6130. The zero-order valence-corrected chi connectivity index (χ0v) is 84.9. The molecule has 772 valence electrons. The first-order chi connectivity index (χ1) is 58.5. The lowest BCUT2D eigenvalue weighted by atomic mass is 10.3. The molecule has 0 spiro atoms. The fraction of sp³-hybridized carbons (Fsp3) is 0.500. The van der Waals surface area contributed by atoms with Gasteiger partial charge in [0.15, 0.2) is 0 Å². The number of hydrogen-bond acceptors (Lipinski definition) is 34. The van der Waals surface area contributed by atoms with Crippen LogP contribution in [-0.2, 0) is 9.59 Å². The predicted molar refractivity (Wildman–Crippen MR) is 437 cm³/mol. The maximum absolute atomic E-state index is 14.4. The van der Waals surface area contributed by atoms with Gasteiger partial charge in [-0.2, -0.15) is 77.3 Å². The number of benzene rings is 2. The Morgan fingerprint density at radius 1 is 0.288 bits per heavy atom. The summed E-state index contributed by atoms with van der Waals surface area (Å²) in [5.41, 5.74) is 0.204. The number of hydrogen-bond donors (Lipinski definition) is 8. The molecule has 0 saturated carbocycles. The number of amides is 2. The third-order valence-corrected chi connectivity index (χ3v) is 61.1. The van der Waals surface area contributed by atoms with E-state index in [1.165, 1.54) is 67.5 Å². The smallest absolute Gasteiger partial charge is 0.310 e. The summed E-state index contributed by atoms with van der Waals surface area (Å²) < 4.78 is 619. The number of rotatable bonds is 16. The SMILES string of the molecule is CC(=O)N(C)P1(F)=NP(F)(F)=NP(F)(F)=N1.CC(=O)NP1(F)=NP(F)(F)=NP(F)(F)=N1.CCNP1(F)=NP(F)(F)=NP(F)(F)=N1.CCNP1(F)=NP(F)(F)=NP(F)(NC)=N1.CN(c1ccccc1)P1(F)=NP(F)(F)=NP(F)(F)=N1.CNP1(F)=NP(F)(NCC(F)(F)F)=NP(F)(F)=N1.FC(F)(F)CNP1(F)=NP(F)(F)=NP(F)(F)=N1.FP1(F)=NP(F)(F)=NP(F)(Nc2ccccc2)=N1. The molecule has 2 aromatic carbocycles. The highest BCUT2D eigenvalue weighted by molar-refractivity contribution is 7.84. The van der Waals surface area contributed by atoms with Gasteiger partial charge in [-0.1, -0.05) is 50.2 Å². The van der Waals surface area contributed by atoms with Crippen LogP contribution in [0, 0.1) is 0 Å². The molecule has 8 heterocycles. The number of carbonyl (C=O) groups excluding carboxylic acids is 2. The number of alkyl halides is 6. The van der Waals surface area contributed by atoms with Gasteiger partial charge >= 0.3 is 199 Å². The fourth-order valence-corrected chi connectivity index (χ4v) is 54.5. The molecule has 36 nitrogen and oxygen atoms in total. The van der Waals surface area contributed by atoms with Crippen LogP contribution in [0.3, 0.4) is 0 Å². The first kappa shape index (κ1) is 125. The third-order valence-electron chi connectivity index (χ3n) is 11.3. The number of nitrogens with one attached hydrogen (secondary N) is 8. The molecule has 132 heavy (non-hydrogen) atoms. The van der Waals surface area contributed by atoms with E-state index in [0.29, 0.717) is 4.67 Å². The van der Waals surface area contributed by atoms with Crippen molar-refractivity contribution in [1.29, 1.82) is 0 Å². The highest BCUT2D eigenvalue weighted by Crippen LogP contribution is 2.88. The van der Waals surface area contributed by atoms with Crippen molar-refractivity contribution >= 4 is 209 Å². The van der Waals surface area contributed by atoms with Gasteiger partial charge in [0.2, 0.25) is 11.8 Å². The Kier molecular flexibility index (Phi) is 42.9. The quantitative estimate of drug-likeness (QED) is 0.0580. The van der Waals surface area contributed by atoms with E-state index in [1.807, 2.05) is 46.9 Å². The minimum Gasteiger partial charge on any atom is -0.310 e. The Labute approximate surface area is 715 Å². The normalized spacial score (nSPS) is 32.0. The molecule has 10 rings (SSSR count). The van der Waals surface area contributed by atoms with E-state index < -0.39 is 223 Å². The maximum atomic E-state index is 14.4. The zero-order chi connectivity index (χ0) is 103. The summed E-state index contributed by atoms with van der Waals surface area (Å²) in [6, 6.07) is 14.7. The standard InChI is InChI=1S/C7H8F5N4P3.C6H6F5N4P3.C3H7F7N5P3.C3H6F5N4OP3.C3H10F4N5P3.C2H3F8N4P3.C2H4F5N4OP3.C2H6F5N4P3/c1-16(7-5-3-2-4-6-7)19(12)14-17(8,9)13-18(10,11)15-19;7-16(8)13-17(9,10)15-18(11,14-16)12-6-4-2-1-3-5-6;1-11-17(9)13-16(7,8)14-18(10,15-17)12-2-3(4,5)6;1-3(13)12(2)16(8)10-14(4,5)9-15(6,7)11-16;1-3-9-15(7)11-13(4,5)10-14(6,8-2)12-15;3-2(4,5)1-11-17(10)13-15(6,7)12-16(8,9)14-17;1-2(12)8-15(7)10-13(3,4)9-14(5,6)11-15;1-2-8-14(7)10-12(3,4)9-13(5,6)11-14/h2-6H,1H3;1-5,12H;11-12H,2H2,1H3;1-2H3;8-9H,3H2,1-2H3;11H,1H2;1H3,(H,8,12);8H,2H2,1H3. The van der Waals surface area contributed by atoms with Gasteiger partial charge in [0, 0.05) is 52.4 Å². The summed E-state index contributed by atoms with van der Waals surface area (Å²) in [5, 5.41) is 12.6. The van der Waals surface area contributed by atoms with Crippen LogP contribution in [-0.4, -0.2) is 83.2 Å². The van der Waals surface area contributed by atoms with Crippen molar-refractivity contribution < 1.29 is 195 Å². The molecule has 2 amide bonds. The zero-order valence-electron chi connectivity index (χ0n) is 63.4. The first-order valence-corrected chi connectivity index (χ1v) is 67.4. The summed E-state index contributed by atoms with van der Waals surface area (Å²) in [4.78, 5) is 21.2. The topological polar surface area (TPSA) is 434 Å². The van der Waals surface area contributed by atoms with Gasteiger partial charge in [0.05, 0.1) is 0 Å². The van der Waals surface area contributed by atoms with Gasteiger partial charge in [0.25, 0.3) is 0 Å². The molecule has 10 atom stereocenters. The van der Waals surface area contributed by atoms with Gasteiger partial charge in [-0.3, -0.25) is 24.0 Å². The highest BCUT2D eigenvalue weighted by atomic mass is 31.3. The summed E-state index contributed by atoms with van der Waals surface area (Å²) in [7, 11) is -124. The fourth-order valence-electron chi connectivity index (χ4n) is 7.17. The Hall–Kier alpha value is -0.820. The van der Waals surface area contributed by atoms with Crippen molar-refractivity contribution in [2.24, 2.45) is 108 Å². The largest absolute Gasteiger partial charge is 0.424 e. The van der Waals surface area contributed by atoms with Crippen molar-refractivity contribution in [3.8, 4) is 0 Å². The van der Waals surface area contributed by atoms with Crippen molar-refractivity contribution in [3.63, 3.8) is 0 Å². The molecule has 0 aliphatic carbocycles. The van der Waals surface area contributed by atoms with Gasteiger partial charge < -0.3 is 5.09 Å². The van der Waals surface area contributed by atoms with Crippen LogP contribution in [0.2, 0.25) is 0 Å². The van der Waals surface area contributed by atoms with Crippen molar-refractivity contribution in [1.82, 2.24) is 40.3 Å². The summed E-state index contributed by atoms with van der Waals surface area (Å²) in [5.74, 6) is -2.11. The van der Waals surface area contributed by atoms with Crippen molar-refractivity contribution in [2.75, 3.05) is 64.1 Å². The lowest BCUT2D eigenvalue weighted by molar-refractivity contribution is -0.124. The van der Waals surface area contributed by atoms with Crippen LogP contribution >= 0.6 is 186 Å². The van der Waals surface area contributed by atoms with Crippen LogP contribution in [0.4, 0.5) is 197 Å². The van der Waals surface area contributed by atoms with Crippen LogP contribution < -0.4 is 45.4 Å². The second kappa shape index (κ2) is 45.2. The van der Waals surface area contributed by atoms with Gasteiger partial charge in [0.1, 0.15) is 13.1 Å². The van der Waals surface area contributed by atoms with Crippen LogP contribution in [0.15, 0.2) is 169 Å². The predicted octanol–water partition coefficient (Wildman–Crippen LogP) is 44.4. The maximum Gasteiger partial charge on any atom is 0.424 e. The average molecular weight is 2470 g/mol. The molecular formula is C28H50F44N34O2P24. The first-order valence-electron chi connectivity index (χ1n) is 31.0. The van der Waals surface area contributed by atoms with E-state index in [4.69, 9.17) is 0 Å². The molecule has 0 fully saturated rings. The molecular weight excluding hydrogens is 2420 g/mol. The Balaban J connectivity index is 0.000000389. The van der Waals surface area contributed by atoms with E-state index >= 15 is 0 Å². The van der Waals surface area contributed by atoms with E-state index in [-0.39, 0.29) is 29.1 Å². The monoisotopic (exact) mass is 2470 g/mol. The molecule has 8 aliphatic heterocycles. The lowest BCUT2D eigenvalue weighted by Crippen LogP contribution is -2.25. The molecule has 2 aromatic rings. The van der Waals surface area contributed by atoms with Crippen molar-refractivity contribution in [3.05, 3.63) is 60.7 Å². The Morgan fingerprint density at radius 2 is 0.523 bits per heavy atom. The molecule has 0 bridgehead atoms. The van der Waals surface area contributed by atoms with Crippen LogP contribution in [0.25, 0.3) is 0 Å². The van der Waals surface area contributed by atoms with E-state index in [9.17, 15) is 195 Å². The third kappa shape index (κ3) is 45.0. The lowest BCUT2D eigenvalue weighted by Gasteiger charge is -2.26. The summed E-state index contributed by atoms with van der Waals surface area (Å²) in [6.45, 7) is 0.421. The van der Waals surface area contributed by atoms with Crippen molar-refractivity contribution in [2.45, 2.75) is 40.0 Å². The van der Waals surface area contributed by atoms with Gasteiger partial charge in [-0.05, 0) is 38.4 Å². The van der Waals surface area contributed by atoms with Crippen LogP contribution in [0.5, 0.6) is 0 Å². The highest BCUT2D eigenvalue weighted by Gasteiger charge is 2.49. The van der Waals surface area contributed by atoms with Gasteiger partial charge in [-0.15, -0.1) is 217 Å². The van der Waals surface area contributed by atoms with E-state index in [2.05, 4.69) is 77.3 Å². The number of carbonyl (C=O) groups is 2. The number of halogens is 44. The van der Waals surface area contributed by atoms with E-state index in [0.717, 1.165) is 52.2 Å². The molecule has 0 radical (unpaired) electrons. The molecule has 8 N–H and O–H groups in total. The van der Waals surface area contributed by atoms with Gasteiger partial charge in [-0.25, -0.2) is 30.5 Å². The summed E-state index contributed by atoms with van der Waals surface area (Å²) in [6.07, 6.45) is -9.82. The van der Waals surface area contributed by atoms with E-state index in [1.54, 1.807) is 21.7 Å². The molecule has 0 aromatic heterocycles. The number of anilines is 2. The second-order valence-corrected chi connectivity index (χ2v) is 66.3. The molecule has 104 heteroatoms. The average Bonchev–Trinajstić information content (AvgIpc) is 0.764. The summed E-state index contributed by atoms with van der Waals surface area (Å²) >= 11 is 0. The minimum absolute atomic E-state index is 0.0427. The molecule has 10 unspecified atom stereocenters. The number of para-hydroxylation sites is 2. The molecule has 0 saturated heterocycles. The number of nitrogens with zero attached hydrogens (tertiary/aromatic N) is 26. The molecule has 8 aliphatic rings. The Morgan fingerprint density at radius 3 is 0.818 bits per heavy atom. The second-order valence-electron chi connectivity index (χ2n) is 22.1.